The quantitative estimate of drug-likeness (QED) is 0.596. The van der Waals surface area contributed by atoms with Crippen molar-refractivity contribution in [3.63, 3.8) is 0 Å². The monoisotopic (exact) mass is 364 g/mol. The topological polar surface area (TPSA) is 96.3 Å². The number of hydrogen-bond acceptors (Lipinski definition) is 5. The molecule has 1 amide bonds. The standard InChI is InChI=1S/C21H20N2O4/c1-3-4-19(24)23-18-11-9-16(10-12-18)20(25)14(2)27-21(26)17-7-5-15(13-22)6-8-17/h5-12,14H,3-4H2,1-2H3,(H,23,24)/t14-/m0/s1. The van der Waals surface area contributed by atoms with Crippen LogP contribution in [0.4, 0.5) is 5.69 Å². The summed E-state index contributed by atoms with van der Waals surface area (Å²) in [5.74, 6) is -1.06. The highest BCUT2D eigenvalue weighted by molar-refractivity contribution is 6.02. The van der Waals surface area contributed by atoms with Crippen LogP contribution in [-0.2, 0) is 9.53 Å². The Balaban J connectivity index is 1.98. The van der Waals surface area contributed by atoms with E-state index in [1.54, 1.807) is 24.3 Å². The third-order valence-electron chi connectivity index (χ3n) is 3.83. The average molecular weight is 364 g/mol. The summed E-state index contributed by atoms with van der Waals surface area (Å²) in [6, 6.07) is 14.4. The Labute approximate surface area is 157 Å². The molecule has 1 N–H and O–H groups in total. The molecule has 6 heteroatoms. The predicted octanol–water partition coefficient (Wildman–Crippen LogP) is 3.73. The first-order valence-corrected chi connectivity index (χ1v) is 8.60. The zero-order chi connectivity index (χ0) is 19.8. The molecule has 2 rings (SSSR count). The first-order chi connectivity index (χ1) is 12.9. The van der Waals surface area contributed by atoms with Gasteiger partial charge in [0.25, 0.3) is 0 Å². The van der Waals surface area contributed by atoms with Gasteiger partial charge in [0.2, 0.25) is 11.7 Å². The van der Waals surface area contributed by atoms with Crippen molar-refractivity contribution in [3.8, 4) is 6.07 Å². The highest BCUT2D eigenvalue weighted by Gasteiger charge is 2.20. The Bertz CT molecular complexity index is 865. The van der Waals surface area contributed by atoms with Crippen LogP contribution in [0.5, 0.6) is 0 Å². The molecule has 0 radical (unpaired) electrons. The number of anilines is 1. The molecule has 0 saturated heterocycles. The number of ether oxygens (including phenoxy) is 1. The summed E-state index contributed by atoms with van der Waals surface area (Å²) >= 11 is 0. The smallest absolute Gasteiger partial charge is 0.338 e. The minimum Gasteiger partial charge on any atom is -0.451 e. The number of nitrogens with one attached hydrogen (secondary N) is 1. The minimum atomic E-state index is -0.964. The molecule has 0 aromatic heterocycles. The van der Waals surface area contributed by atoms with Gasteiger partial charge in [-0.3, -0.25) is 9.59 Å². The fourth-order valence-corrected chi connectivity index (χ4v) is 2.37. The highest BCUT2D eigenvalue weighted by Crippen LogP contribution is 2.14. The van der Waals surface area contributed by atoms with Crippen LogP contribution >= 0.6 is 0 Å². The second-order valence-corrected chi connectivity index (χ2v) is 5.98. The Morgan fingerprint density at radius 2 is 1.63 bits per heavy atom. The lowest BCUT2D eigenvalue weighted by molar-refractivity contribution is -0.116. The summed E-state index contributed by atoms with van der Waals surface area (Å²) in [5, 5.41) is 11.5. The summed E-state index contributed by atoms with van der Waals surface area (Å²) in [7, 11) is 0. The molecule has 0 unspecified atom stereocenters. The molecule has 6 nitrogen and oxygen atoms in total. The van der Waals surface area contributed by atoms with Crippen molar-refractivity contribution >= 4 is 23.3 Å². The fourth-order valence-electron chi connectivity index (χ4n) is 2.37. The lowest BCUT2D eigenvalue weighted by Crippen LogP contribution is -2.24. The molecule has 0 bridgehead atoms. The van der Waals surface area contributed by atoms with Crippen molar-refractivity contribution in [2.24, 2.45) is 0 Å². The SMILES string of the molecule is CCCC(=O)Nc1ccc(C(=O)[C@H](C)OC(=O)c2ccc(C#N)cc2)cc1. The highest BCUT2D eigenvalue weighted by atomic mass is 16.5. The van der Waals surface area contributed by atoms with Crippen LogP contribution in [0.15, 0.2) is 48.5 Å². The van der Waals surface area contributed by atoms with E-state index < -0.39 is 12.1 Å². The van der Waals surface area contributed by atoms with Gasteiger partial charge in [-0.05, 0) is 61.9 Å². The minimum absolute atomic E-state index is 0.0821. The number of esters is 1. The van der Waals surface area contributed by atoms with Crippen LogP contribution < -0.4 is 5.32 Å². The Morgan fingerprint density at radius 1 is 1.04 bits per heavy atom. The van der Waals surface area contributed by atoms with Gasteiger partial charge in [-0.25, -0.2) is 4.79 Å². The van der Waals surface area contributed by atoms with Crippen LogP contribution in [0.2, 0.25) is 0 Å². The second-order valence-electron chi connectivity index (χ2n) is 5.98. The van der Waals surface area contributed by atoms with E-state index in [-0.39, 0.29) is 17.3 Å². The van der Waals surface area contributed by atoms with Gasteiger partial charge in [0.05, 0.1) is 17.2 Å². The number of carbonyl (C=O) groups excluding carboxylic acids is 3. The van der Waals surface area contributed by atoms with Crippen LogP contribution in [0.25, 0.3) is 0 Å². The van der Waals surface area contributed by atoms with Crippen LogP contribution in [0.1, 0.15) is 53.0 Å². The lowest BCUT2D eigenvalue weighted by atomic mass is 10.1. The van der Waals surface area contributed by atoms with Crippen molar-refractivity contribution in [3.05, 3.63) is 65.2 Å². The molecule has 27 heavy (non-hydrogen) atoms. The lowest BCUT2D eigenvalue weighted by Gasteiger charge is -2.13. The number of nitriles is 1. The van der Waals surface area contributed by atoms with Gasteiger partial charge in [-0.2, -0.15) is 5.26 Å². The van der Waals surface area contributed by atoms with Crippen molar-refractivity contribution < 1.29 is 19.1 Å². The van der Waals surface area contributed by atoms with Gasteiger partial charge >= 0.3 is 5.97 Å². The largest absolute Gasteiger partial charge is 0.451 e. The van der Waals surface area contributed by atoms with Crippen LogP contribution in [0, 0.1) is 11.3 Å². The summed E-state index contributed by atoms with van der Waals surface area (Å²) in [5.41, 5.74) is 1.68. The summed E-state index contributed by atoms with van der Waals surface area (Å²) in [6.07, 6.45) is 0.224. The van der Waals surface area contributed by atoms with Crippen LogP contribution in [0.3, 0.4) is 0 Å². The van der Waals surface area contributed by atoms with E-state index in [2.05, 4.69) is 5.32 Å². The summed E-state index contributed by atoms with van der Waals surface area (Å²) in [4.78, 5) is 36.1. The van der Waals surface area contributed by atoms with Crippen molar-refractivity contribution in [2.45, 2.75) is 32.8 Å². The van der Waals surface area contributed by atoms with E-state index in [4.69, 9.17) is 10.00 Å². The summed E-state index contributed by atoms with van der Waals surface area (Å²) in [6.45, 7) is 3.42. The number of carbonyl (C=O) groups is 3. The van der Waals surface area contributed by atoms with Gasteiger partial charge in [0, 0.05) is 17.7 Å². The first-order valence-electron chi connectivity index (χ1n) is 8.60. The molecule has 0 spiro atoms. The number of rotatable bonds is 7. The van der Waals surface area contributed by atoms with Crippen molar-refractivity contribution in [2.75, 3.05) is 5.32 Å². The van der Waals surface area contributed by atoms with Crippen molar-refractivity contribution in [1.29, 1.82) is 5.26 Å². The van der Waals surface area contributed by atoms with Crippen LogP contribution in [-0.4, -0.2) is 23.8 Å². The molecule has 1 atom stereocenters. The summed E-state index contributed by atoms with van der Waals surface area (Å²) < 4.78 is 5.21. The zero-order valence-electron chi connectivity index (χ0n) is 15.2. The third kappa shape index (κ3) is 5.51. The molecular weight excluding hydrogens is 344 g/mol. The predicted molar refractivity (Wildman–Crippen MR) is 100 cm³/mol. The second kappa shape index (κ2) is 9.30. The average Bonchev–Trinajstić information content (AvgIpc) is 2.68. The van der Waals surface area contributed by atoms with E-state index in [1.807, 2.05) is 13.0 Å². The maximum atomic E-state index is 12.4. The molecule has 0 heterocycles. The molecule has 2 aromatic carbocycles. The van der Waals surface area contributed by atoms with Gasteiger partial charge in [-0.15, -0.1) is 0 Å². The number of Topliss-reactive ketones (excluding diaryl/α,β-unsaturated/α-hetero) is 1. The van der Waals surface area contributed by atoms with E-state index in [9.17, 15) is 14.4 Å². The van der Waals surface area contributed by atoms with Gasteiger partial charge in [0.15, 0.2) is 6.10 Å². The molecular formula is C21H20N2O4. The number of amides is 1. The Hall–Kier alpha value is -3.46. The van der Waals surface area contributed by atoms with E-state index in [0.717, 1.165) is 6.42 Å². The number of hydrogen-bond donors (Lipinski definition) is 1. The molecule has 0 aliphatic heterocycles. The maximum absolute atomic E-state index is 12.4. The molecule has 0 fully saturated rings. The van der Waals surface area contributed by atoms with Gasteiger partial charge in [-0.1, -0.05) is 6.92 Å². The molecule has 2 aromatic rings. The maximum Gasteiger partial charge on any atom is 0.338 e. The first kappa shape index (κ1) is 19.9. The van der Waals surface area contributed by atoms with Gasteiger partial charge < -0.3 is 10.1 Å². The number of nitrogens with zero attached hydrogens (tertiary/aromatic N) is 1. The van der Waals surface area contributed by atoms with Gasteiger partial charge in [0.1, 0.15) is 0 Å². The zero-order valence-corrected chi connectivity index (χ0v) is 15.2. The number of ketones is 1. The van der Waals surface area contributed by atoms with E-state index in [0.29, 0.717) is 23.2 Å². The Kier molecular flexibility index (Phi) is 6.84. The normalized spacial score (nSPS) is 11.1. The molecule has 138 valence electrons. The Morgan fingerprint density at radius 3 is 2.19 bits per heavy atom. The molecule has 0 aliphatic carbocycles. The molecule has 0 aliphatic rings. The van der Waals surface area contributed by atoms with E-state index in [1.165, 1.54) is 31.2 Å². The fraction of sp³-hybridized carbons (Fsp3) is 0.238. The van der Waals surface area contributed by atoms with Crippen molar-refractivity contribution in [1.82, 2.24) is 0 Å². The van der Waals surface area contributed by atoms with E-state index >= 15 is 0 Å². The third-order valence-corrected chi connectivity index (χ3v) is 3.83. The number of benzene rings is 2. The molecule has 0 saturated carbocycles.